The molecule has 2 aromatic carbocycles. The maximum atomic E-state index is 12.4. The number of fused-ring (bicyclic) bond motifs is 2. The van der Waals surface area contributed by atoms with Crippen LogP contribution in [0.15, 0.2) is 109 Å². The minimum absolute atomic E-state index is 0.0863. The predicted octanol–water partition coefficient (Wildman–Crippen LogP) is 8.88. The van der Waals surface area contributed by atoms with E-state index in [0.717, 1.165) is 38.8 Å². The lowest BCUT2D eigenvalue weighted by atomic mass is 9.80. The van der Waals surface area contributed by atoms with Crippen molar-refractivity contribution in [3.63, 3.8) is 0 Å². The molecule has 9 nitrogen and oxygen atoms in total. The maximum Gasteiger partial charge on any atom is 0.305 e. The van der Waals surface area contributed by atoms with Crippen LogP contribution < -0.4 is 20.7 Å². The first-order chi connectivity index (χ1) is 26.8. The number of ether oxygens (including phenoxy) is 1. The molecule has 3 heterocycles. The zero-order chi connectivity index (χ0) is 40.3. The summed E-state index contributed by atoms with van der Waals surface area (Å²) in [5, 5.41) is 0. The maximum absolute atomic E-state index is 12.4. The van der Waals surface area contributed by atoms with E-state index in [9.17, 15) is 14.4 Å². The third-order valence-electron chi connectivity index (χ3n) is 10.9. The van der Waals surface area contributed by atoms with Gasteiger partial charge in [-0.3, -0.25) is 30.2 Å². The highest BCUT2D eigenvalue weighted by Gasteiger charge is 2.43. The molecular formula is C47H59N5O4. The summed E-state index contributed by atoms with van der Waals surface area (Å²) in [5.41, 5.74) is 14.0. The fourth-order valence-corrected chi connectivity index (χ4v) is 7.88. The largest absolute Gasteiger partial charge is 0.466 e. The number of hydrogen-bond donors (Lipinski definition) is 2. The van der Waals surface area contributed by atoms with Crippen LogP contribution in [0.25, 0.3) is 0 Å². The van der Waals surface area contributed by atoms with Crippen molar-refractivity contribution in [2.75, 3.05) is 29.5 Å². The zero-order valence-corrected chi connectivity index (χ0v) is 34.2. The number of allylic oxidation sites excluding steroid dienone is 7. The molecule has 296 valence electrons. The number of esters is 1. The van der Waals surface area contributed by atoms with Crippen LogP contribution in [0.4, 0.5) is 11.4 Å². The van der Waals surface area contributed by atoms with Gasteiger partial charge in [-0.15, -0.1) is 0 Å². The average molecular weight is 758 g/mol. The van der Waals surface area contributed by atoms with E-state index in [1.54, 1.807) is 12.1 Å². The van der Waals surface area contributed by atoms with Gasteiger partial charge in [0.1, 0.15) is 0 Å². The number of nitrogens with zero attached hydrogens (tertiary/aromatic N) is 3. The van der Waals surface area contributed by atoms with Crippen molar-refractivity contribution in [1.29, 1.82) is 0 Å². The SMILES string of the molecule is CCOC(=O)CCCN1C(=CC=CC=CC=CC2N(CCCCCC(=O)NNC(=O)c3ccncc3)c3ccc(C)cc3C2(C)C)C(C)(C)c2cc(C)ccc21. The van der Waals surface area contributed by atoms with Crippen molar-refractivity contribution < 1.29 is 19.1 Å². The minimum atomic E-state index is -0.365. The number of carbonyl (C=O) groups excluding carboxylic acids is 3. The summed E-state index contributed by atoms with van der Waals surface area (Å²) in [6.07, 6.45) is 22.1. The normalized spacial score (nSPS) is 17.6. The molecule has 0 radical (unpaired) electrons. The predicted molar refractivity (Wildman–Crippen MR) is 227 cm³/mol. The van der Waals surface area contributed by atoms with Gasteiger partial charge in [-0.1, -0.05) is 106 Å². The summed E-state index contributed by atoms with van der Waals surface area (Å²) in [6, 6.07) is 16.8. The van der Waals surface area contributed by atoms with Gasteiger partial charge >= 0.3 is 5.97 Å². The van der Waals surface area contributed by atoms with Gasteiger partial charge < -0.3 is 14.5 Å². The van der Waals surface area contributed by atoms with Crippen molar-refractivity contribution in [1.82, 2.24) is 15.8 Å². The van der Waals surface area contributed by atoms with Gasteiger partial charge in [-0.2, -0.15) is 0 Å². The molecule has 0 saturated carbocycles. The summed E-state index contributed by atoms with van der Waals surface area (Å²) < 4.78 is 5.18. The summed E-state index contributed by atoms with van der Waals surface area (Å²) in [7, 11) is 0. The summed E-state index contributed by atoms with van der Waals surface area (Å²) in [5.74, 6) is -0.718. The Morgan fingerprint density at radius 3 is 2.18 bits per heavy atom. The van der Waals surface area contributed by atoms with Gasteiger partial charge in [0.25, 0.3) is 5.91 Å². The number of nitrogens with one attached hydrogen (secondary N) is 2. The van der Waals surface area contributed by atoms with Crippen molar-refractivity contribution >= 4 is 29.2 Å². The van der Waals surface area contributed by atoms with Crippen LogP contribution in [0.1, 0.15) is 106 Å². The van der Waals surface area contributed by atoms with Gasteiger partial charge in [0.15, 0.2) is 0 Å². The number of aromatic nitrogens is 1. The third kappa shape index (κ3) is 10.0. The van der Waals surface area contributed by atoms with Crippen molar-refractivity contribution in [3.05, 3.63) is 137 Å². The molecule has 9 heteroatoms. The molecular weight excluding hydrogens is 699 g/mol. The van der Waals surface area contributed by atoms with Crippen LogP contribution in [0.5, 0.6) is 0 Å². The fourth-order valence-electron chi connectivity index (χ4n) is 7.88. The second kappa shape index (κ2) is 18.9. The van der Waals surface area contributed by atoms with E-state index in [1.807, 2.05) is 6.92 Å². The molecule has 0 bridgehead atoms. The molecule has 5 rings (SSSR count). The lowest BCUT2D eigenvalue weighted by Gasteiger charge is -2.32. The molecule has 1 atom stereocenters. The van der Waals surface area contributed by atoms with Crippen LogP contribution in [0, 0.1) is 13.8 Å². The van der Waals surface area contributed by atoms with Gasteiger partial charge in [-0.05, 0) is 81.5 Å². The van der Waals surface area contributed by atoms with Gasteiger partial charge in [-0.25, -0.2) is 0 Å². The first kappa shape index (κ1) is 41.7. The van der Waals surface area contributed by atoms with Crippen LogP contribution in [0.2, 0.25) is 0 Å². The standard InChI is InChI=1S/C47H59N5O4/c1-8-56-44(54)21-17-31-52-40-25-23-35(3)33-38(40)47(6,7)42(52)19-14-11-9-10-13-18-41-46(4,5)37-32-34(2)22-24-39(37)51(41)30-16-12-15-20-43(53)49-50-45(55)36-26-28-48-29-27-36/h9-11,13-14,18-19,22-29,32-33,41H,8,12,15-17,20-21,30-31H2,1-7H3,(H,49,53)(H,50,55). The molecule has 2 aliphatic heterocycles. The molecule has 2 amide bonds. The number of anilines is 2. The van der Waals surface area contributed by atoms with Gasteiger partial charge in [0.05, 0.1) is 12.6 Å². The quantitative estimate of drug-likeness (QED) is 0.0651. The molecule has 1 aromatic heterocycles. The monoisotopic (exact) mass is 757 g/mol. The number of unbranched alkanes of at least 4 members (excludes halogenated alkanes) is 2. The fraction of sp³-hybridized carbons (Fsp3) is 0.404. The molecule has 56 heavy (non-hydrogen) atoms. The lowest BCUT2D eigenvalue weighted by Crippen LogP contribution is -2.41. The Bertz CT molecular complexity index is 1980. The van der Waals surface area contributed by atoms with E-state index in [-0.39, 0.29) is 34.7 Å². The molecule has 3 aromatic rings. The number of pyridine rings is 1. The summed E-state index contributed by atoms with van der Waals surface area (Å²) in [6.45, 7) is 17.3. The third-order valence-corrected chi connectivity index (χ3v) is 10.9. The van der Waals surface area contributed by atoms with Gasteiger partial charge in [0, 0.05) is 71.8 Å². The van der Waals surface area contributed by atoms with E-state index in [0.29, 0.717) is 25.0 Å². The number of hydrazine groups is 1. The number of carbonyl (C=O) groups is 3. The highest BCUT2D eigenvalue weighted by Crippen LogP contribution is 2.48. The van der Waals surface area contributed by atoms with Crippen molar-refractivity contribution in [2.45, 2.75) is 104 Å². The Hall–Kier alpha value is -5.44. The highest BCUT2D eigenvalue weighted by atomic mass is 16.5. The highest BCUT2D eigenvalue weighted by molar-refractivity contribution is 5.95. The van der Waals surface area contributed by atoms with E-state index < -0.39 is 0 Å². The number of aryl methyl sites for hydroxylation is 2. The van der Waals surface area contributed by atoms with Gasteiger partial charge in [0.2, 0.25) is 5.91 Å². The van der Waals surface area contributed by atoms with E-state index in [1.165, 1.54) is 51.7 Å². The van der Waals surface area contributed by atoms with Crippen molar-refractivity contribution in [2.24, 2.45) is 0 Å². The second-order valence-corrected chi connectivity index (χ2v) is 15.8. The number of benzene rings is 2. The average Bonchev–Trinajstić information content (AvgIpc) is 3.50. The summed E-state index contributed by atoms with van der Waals surface area (Å²) >= 11 is 0. The Balaban J connectivity index is 1.19. The van der Waals surface area contributed by atoms with E-state index in [4.69, 9.17) is 4.74 Å². The number of amides is 2. The molecule has 1 unspecified atom stereocenters. The lowest BCUT2D eigenvalue weighted by molar-refractivity contribution is -0.143. The minimum Gasteiger partial charge on any atom is -0.466 e. The Morgan fingerprint density at radius 2 is 1.45 bits per heavy atom. The van der Waals surface area contributed by atoms with Crippen LogP contribution in [0.3, 0.4) is 0 Å². The van der Waals surface area contributed by atoms with Crippen LogP contribution in [-0.2, 0) is 25.2 Å². The van der Waals surface area contributed by atoms with Crippen molar-refractivity contribution in [3.8, 4) is 0 Å². The molecule has 0 aliphatic carbocycles. The summed E-state index contributed by atoms with van der Waals surface area (Å²) in [4.78, 5) is 45.5. The zero-order valence-electron chi connectivity index (χ0n) is 34.2. The van der Waals surface area contributed by atoms with E-state index in [2.05, 4.69) is 146 Å². The first-order valence-corrected chi connectivity index (χ1v) is 20.0. The first-order valence-electron chi connectivity index (χ1n) is 20.0. The Kier molecular flexibility index (Phi) is 14.1. The smallest absolute Gasteiger partial charge is 0.305 e. The molecule has 0 spiro atoms. The van der Waals surface area contributed by atoms with Crippen LogP contribution >= 0.6 is 0 Å². The number of hydrogen-bond acceptors (Lipinski definition) is 7. The second-order valence-electron chi connectivity index (χ2n) is 15.8. The Labute approximate surface area is 333 Å². The molecule has 2 aliphatic rings. The molecule has 0 saturated heterocycles. The number of rotatable bonds is 16. The molecule has 2 N–H and O–H groups in total. The molecule has 0 fully saturated rings. The van der Waals surface area contributed by atoms with E-state index >= 15 is 0 Å². The Morgan fingerprint density at radius 1 is 0.768 bits per heavy atom. The topological polar surface area (TPSA) is 104 Å². The van der Waals surface area contributed by atoms with Crippen LogP contribution in [-0.4, -0.2) is 48.5 Å².